The fourth-order valence-corrected chi connectivity index (χ4v) is 5.65. The summed E-state index contributed by atoms with van der Waals surface area (Å²) in [6.45, 7) is 2.65. The van der Waals surface area contributed by atoms with Crippen LogP contribution in [0, 0.1) is 17.5 Å². The van der Waals surface area contributed by atoms with Crippen molar-refractivity contribution in [3.63, 3.8) is 0 Å². The normalized spacial score (nSPS) is 21.1. The number of benzene rings is 1. The second kappa shape index (κ2) is 10.4. The molecule has 2 amide bonds. The van der Waals surface area contributed by atoms with Gasteiger partial charge in [0, 0.05) is 69.6 Å². The summed E-state index contributed by atoms with van der Waals surface area (Å²) in [5.74, 6) is -3.42. The number of aryl methyl sites for hydroxylation is 1. The van der Waals surface area contributed by atoms with Gasteiger partial charge in [-0.25, -0.2) is 18.2 Å². The number of carbonyl (C=O) groups is 2. The number of fused-ring (bicyclic) bond motifs is 1. The van der Waals surface area contributed by atoms with Crippen molar-refractivity contribution in [3.8, 4) is 0 Å². The number of nitrogens with zero attached hydrogens (tertiary/aromatic N) is 6. The van der Waals surface area contributed by atoms with E-state index in [-0.39, 0.29) is 58.4 Å². The van der Waals surface area contributed by atoms with Crippen LogP contribution in [0.25, 0.3) is 0 Å². The highest BCUT2D eigenvalue weighted by molar-refractivity contribution is 6.30. The summed E-state index contributed by atoms with van der Waals surface area (Å²) in [4.78, 5) is 34.4. The fourth-order valence-electron chi connectivity index (χ4n) is 5.47. The van der Waals surface area contributed by atoms with Crippen LogP contribution in [-0.4, -0.2) is 82.7 Å². The third-order valence-corrected chi connectivity index (χ3v) is 7.85. The SMILES string of the molecule is CN(C)C(=O)CN1CC[C@@H](Nc2ncc3c(c2F)[C@@](C)(c2cccc(Cl)c2F)CN(c2nn(C)cc2F)C3=O)C1. The molecule has 0 saturated carbocycles. The van der Waals surface area contributed by atoms with Crippen LogP contribution in [0.1, 0.15) is 34.8 Å². The molecule has 0 radical (unpaired) electrons. The number of hydrogen-bond acceptors (Lipinski definition) is 6. The molecule has 2 aliphatic rings. The number of carbonyl (C=O) groups excluding carboxylic acids is 2. The van der Waals surface area contributed by atoms with Gasteiger partial charge in [-0.1, -0.05) is 23.7 Å². The van der Waals surface area contributed by atoms with Gasteiger partial charge in [0.2, 0.25) is 5.91 Å². The number of pyridine rings is 1. The van der Waals surface area contributed by atoms with Crippen molar-refractivity contribution in [2.45, 2.75) is 24.8 Å². The van der Waals surface area contributed by atoms with E-state index in [1.165, 1.54) is 41.0 Å². The molecule has 1 saturated heterocycles. The summed E-state index contributed by atoms with van der Waals surface area (Å²) in [7, 11) is 4.88. The average Bonchev–Trinajstić information content (AvgIpc) is 3.48. The molecule has 2 aromatic heterocycles. The largest absolute Gasteiger partial charge is 0.364 e. The Balaban J connectivity index is 1.56. The number of nitrogens with one attached hydrogen (secondary N) is 1. The van der Waals surface area contributed by atoms with Gasteiger partial charge >= 0.3 is 0 Å². The maximum atomic E-state index is 16.4. The number of amides is 2. The Morgan fingerprint density at radius 2 is 2.00 bits per heavy atom. The molecule has 9 nitrogen and oxygen atoms in total. The number of hydrogen-bond donors (Lipinski definition) is 1. The number of aromatic nitrogens is 3. The summed E-state index contributed by atoms with van der Waals surface area (Å²) < 4.78 is 47.9. The molecule has 0 aliphatic carbocycles. The van der Waals surface area contributed by atoms with Crippen LogP contribution >= 0.6 is 11.6 Å². The van der Waals surface area contributed by atoms with Crippen molar-refractivity contribution in [1.29, 1.82) is 0 Å². The lowest BCUT2D eigenvalue weighted by Gasteiger charge is -2.41. The van der Waals surface area contributed by atoms with E-state index < -0.39 is 28.8 Å². The Bertz CT molecular complexity index is 1500. The van der Waals surface area contributed by atoms with E-state index in [2.05, 4.69) is 15.4 Å². The molecule has 0 spiro atoms. The van der Waals surface area contributed by atoms with Crippen LogP contribution in [0.4, 0.5) is 24.8 Å². The zero-order valence-electron chi connectivity index (χ0n) is 22.5. The monoisotopic (exact) mass is 575 g/mol. The summed E-state index contributed by atoms with van der Waals surface area (Å²) in [6, 6.07) is 4.17. The van der Waals surface area contributed by atoms with Crippen molar-refractivity contribution in [1.82, 2.24) is 24.6 Å². The number of likely N-dealkylation sites (tertiary alicyclic amines) is 1. The van der Waals surface area contributed by atoms with E-state index >= 15 is 8.78 Å². The summed E-state index contributed by atoms with van der Waals surface area (Å²) >= 11 is 6.10. The first kappa shape index (κ1) is 27.9. The second-order valence-electron chi connectivity index (χ2n) is 10.7. The predicted molar refractivity (Wildman–Crippen MR) is 144 cm³/mol. The average molecular weight is 576 g/mol. The first-order valence-corrected chi connectivity index (χ1v) is 13.1. The van der Waals surface area contributed by atoms with Crippen LogP contribution in [0.15, 0.2) is 30.6 Å². The van der Waals surface area contributed by atoms with Crippen LogP contribution < -0.4 is 10.2 Å². The molecule has 2 atom stereocenters. The molecule has 1 aromatic carbocycles. The summed E-state index contributed by atoms with van der Waals surface area (Å²) in [5.41, 5.74) is -1.64. The van der Waals surface area contributed by atoms with E-state index in [1.807, 2.05) is 4.90 Å². The summed E-state index contributed by atoms with van der Waals surface area (Å²) in [5, 5.41) is 7.01. The molecular weight excluding hydrogens is 547 g/mol. The highest BCUT2D eigenvalue weighted by Gasteiger charge is 2.47. The molecular formula is C27H29ClF3N7O2. The molecule has 3 aromatic rings. The number of halogens is 4. The molecule has 40 heavy (non-hydrogen) atoms. The van der Waals surface area contributed by atoms with Gasteiger partial charge in [-0.2, -0.15) is 5.10 Å². The van der Waals surface area contributed by atoms with Crippen LogP contribution in [-0.2, 0) is 17.3 Å². The standard InChI is InChI=1S/C27H29ClF3N7O2/c1-27(17-6-5-7-18(28)22(17)30)14-38(25-19(29)12-36(4)34-25)26(40)16-10-32-24(23(31)21(16)27)33-15-8-9-37(11-15)13-20(39)35(2)3/h5-7,10,12,15H,8-9,11,13-14H2,1-4H3,(H,32,33)/t15-,27-/m1/s1. The minimum atomic E-state index is -1.48. The van der Waals surface area contributed by atoms with Crippen LogP contribution in [0.2, 0.25) is 5.02 Å². The van der Waals surface area contributed by atoms with Crippen molar-refractivity contribution >= 4 is 35.1 Å². The Morgan fingerprint density at radius 1 is 1.25 bits per heavy atom. The minimum Gasteiger partial charge on any atom is -0.364 e. The third kappa shape index (κ3) is 4.79. The molecule has 212 valence electrons. The van der Waals surface area contributed by atoms with Gasteiger partial charge in [0.25, 0.3) is 5.91 Å². The molecule has 0 unspecified atom stereocenters. The van der Waals surface area contributed by atoms with Gasteiger partial charge in [0.05, 0.1) is 23.3 Å². The van der Waals surface area contributed by atoms with Crippen molar-refractivity contribution in [3.05, 3.63) is 69.8 Å². The maximum absolute atomic E-state index is 16.4. The lowest BCUT2D eigenvalue weighted by Crippen LogP contribution is -2.50. The minimum absolute atomic E-state index is 0.0366. The molecule has 5 rings (SSSR count). The van der Waals surface area contributed by atoms with Crippen LogP contribution in [0.3, 0.4) is 0 Å². The van der Waals surface area contributed by atoms with Gasteiger partial charge in [0.15, 0.2) is 23.3 Å². The quantitative estimate of drug-likeness (QED) is 0.485. The van der Waals surface area contributed by atoms with Gasteiger partial charge < -0.3 is 10.2 Å². The first-order chi connectivity index (χ1) is 18.9. The van der Waals surface area contributed by atoms with Gasteiger partial charge in [-0.05, 0) is 19.4 Å². The lowest BCUT2D eigenvalue weighted by molar-refractivity contribution is -0.129. The zero-order chi connectivity index (χ0) is 28.9. The molecule has 1 fully saturated rings. The number of likely N-dealkylation sites (N-methyl/N-ethyl adjacent to an activating group) is 1. The van der Waals surface area contributed by atoms with Crippen molar-refractivity contribution in [2.75, 3.05) is 50.5 Å². The first-order valence-electron chi connectivity index (χ1n) is 12.7. The summed E-state index contributed by atoms with van der Waals surface area (Å²) in [6.07, 6.45) is 2.97. The van der Waals surface area contributed by atoms with E-state index in [1.54, 1.807) is 21.0 Å². The number of anilines is 2. The smallest absolute Gasteiger partial charge is 0.261 e. The molecule has 2 aliphatic heterocycles. The zero-order valence-corrected chi connectivity index (χ0v) is 23.3. The van der Waals surface area contributed by atoms with E-state index in [4.69, 9.17) is 11.6 Å². The lowest BCUT2D eigenvalue weighted by atomic mass is 9.71. The molecule has 0 bridgehead atoms. The third-order valence-electron chi connectivity index (χ3n) is 7.56. The highest BCUT2D eigenvalue weighted by Crippen LogP contribution is 2.45. The van der Waals surface area contributed by atoms with E-state index in [9.17, 15) is 14.0 Å². The Morgan fingerprint density at radius 3 is 2.67 bits per heavy atom. The van der Waals surface area contributed by atoms with Gasteiger partial charge in [-0.15, -0.1) is 0 Å². The maximum Gasteiger partial charge on any atom is 0.261 e. The molecule has 4 heterocycles. The molecule has 13 heteroatoms. The Hall–Kier alpha value is -3.64. The fraction of sp³-hybridized carbons (Fsp3) is 0.407. The van der Waals surface area contributed by atoms with Gasteiger partial charge in [-0.3, -0.25) is 24.1 Å². The second-order valence-corrected chi connectivity index (χ2v) is 11.1. The van der Waals surface area contributed by atoms with Crippen molar-refractivity contribution < 1.29 is 22.8 Å². The predicted octanol–water partition coefficient (Wildman–Crippen LogP) is 3.43. The molecule has 1 N–H and O–H groups in total. The van der Waals surface area contributed by atoms with E-state index in [0.29, 0.717) is 19.5 Å². The van der Waals surface area contributed by atoms with E-state index in [0.717, 1.165) is 11.1 Å². The Labute approximate surface area is 234 Å². The Kier molecular flexibility index (Phi) is 7.26. The topological polar surface area (TPSA) is 86.6 Å². The number of rotatable bonds is 6. The van der Waals surface area contributed by atoms with Crippen LogP contribution in [0.5, 0.6) is 0 Å². The van der Waals surface area contributed by atoms with Gasteiger partial charge in [0.1, 0.15) is 5.82 Å². The van der Waals surface area contributed by atoms with Crippen molar-refractivity contribution in [2.24, 2.45) is 7.05 Å². The highest BCUT2D eigenvalue weighted by atomic mass is 35.5.